The van der Waals surface area contributed by atoms with Crippen LogP contribution in [0.3, 0.4) is 0 Å². The fraction of sp³-hybridized carbons (Fsp3) is 0.435. The molecule has 1 fully saturated rings. The highest BCUT2D eigenvalue weighted by molar-refractivity contribution is 6.31. The third-order valence-electron chi connectivity index (χ3n) is 6.97. The average molecular weight is 435 g/mol. The molecular weight excluding hydrogens is 413 g/mol. The van der Waals surface area contributed by atoms with Crippen LogP contribution in [-0.4, -0.2) is 16.6 Å². The molecule has 3 aromatic rings. The molecule has 2 aliphatic rings. The third-order valence-corrected chi connectivity index (χ3v) is 7.21. The Morgan fingerprint density at radius 3 is 2.67 bits per heavy atom. The number of imidazole rings is 1. The number of halogens is 4. The summed E-state index contributed by atoms with van der Waals surface area (Å²) in [5.74, 6) is 2.09. The molecule has 1 spiro atoms. The highest BCUT2D eigenvalue weighted by atomic mass is 35.5. The van der Waals surface area contributed by atoms with Gasteiger partial charge in [-0.15, -0.1) is 0 Å². The van der Waals surface area contributed by atoms with E-state index >= 15 is 0 Å². The Morgan fingerprint density at radius 1 is 1.17 bits per heavy atom. The maximum absolute atomic E-state index is 13.0. The standard InChI is InChI=1S/C23H22ClF3N2O/c1-13(21-28-18-5-3-16(24)11-19(18)29-21)14-6-8-22(9-7-14)12-30-20-10-15(23(25,26)27)2-4-17(20)22/h2-5,10-11,13-14H,6-9,12H2,1H3,(H,28,29)/t13-,14-,22-/m0/s1. The van der Waals surface area contributed by atoms with Crippen molar-refractivity contribution in [2.24, 2.45) is 5.92 Å². The number of aromatic amines is 1. The first-order valence-electron chi connectivity index (χ1n) is 10.2. The summed E-state index contributed by atoms with van der Waals surface area (Å²) in [6.45, 7) is 2.66. The van der Waals surface area contributed by atoms with E-state index in [0.717, 1.165) is 54.2 Å². The van der Waals surface area contributed by atoms with Gasteiger partial charge in [-0.3, -0.25) is 0 Å². The number of hydrogen-bond acceptors (Lipinski definition) is 2. The van der Waals surface area contributed by atoms with E-state index in [1.165, 1.54) is 6.07 Å². The summed E-state index contributed by atoms with van der Waals surface area (Å²) in [6, 6.07) is 9.61. The number of ether oxygens (including phenoxy) is 1. The van der Waals surface area contributed by atoms with Crippen molar-refractivity contribution in [3.8, 4) is 5.75 Å². The zero-order valence-corrected chi connectivity index (χ0v) is 17.3. The molecule has 1 saturated carbocycles. The molecule has 3 nitrogen and oxygen atoms in total. The van der Waals surface area contributed by atoms with Gasteiger partial charge in [0.15, 0.2) is 0 Å². The van der Waals surface area contributed by atoms with Gasteiger partial charge in [0.1, 0.15) is 11.6 Å². The van der Waals surface area contributed by atoms with Gasteiger partial charge in [-0.1, -0.05) is 24.6 Å². The maximum atomic E-state index is 13.0. The second kappa shape index (κ2) is 6.91. The van der Waals surface area contributed by atoms with Crippen molar-refractivity contribution in [1.29, 1.82) is 0 Å². The van der Waals surface area contributed by atoms with E-state index in [1.807, 2.05) is 18.2 Å². The first-order valence-corrected chi connectivity index (χ1v) is 10.6. The van der Waals surface area contributed by atoms with Gasteiger partial charge < -0.3 is 9.72 Å². The lowest BCUT2D eigenvalue weighted by molar-refractivity contribution is -0.137. The van der Waals surface area contributed by atoms with E-state index in [2.05, 4.69) is 11.9 Å². The van der Waals surface area contributed by atoms with Crippen molar-refractivity contribution < 1.29 is 17.9 Å². The normalized spacial score (nSPS) is 24.8. The van der Waals surface area contributed by atoms with Gasteiger partial charge in [0.2, 0.25) is 0 Å². The van der Waals surface area contributed by atoms with Gasteiger partial charge in [-0.2, -0.15) is 13.2 Å². The van der Waals surface area contributed by atoms with Crippen LogP contribution < -0.4 is 4.74 Å². The van der Waals surface area contributed by atoms with E-state index in [1.54, 1.807) is 6.07 Å². The Morgan fingerprint density at radius 2 is 1.93 bits per heavy atom. The molecule has 1 atom stereocenters. The van der Waals surface area contributed by atoms with Crippen molar-refractivity contribution >= 4 is 22.6 Å². The van der Waals surface area contributed by atoms with Gasteiger partial charge >= 0.3 is 6.18 Å². The summed E-state index contributed by atoms with van der Waals surface area (Å²) < 4.78 is 44.8. The van der Waals surface area contributed by atoms with Gasteiger partial charge in [0.05, 0.1) is 23.2 Å². The number of H-pyrrole nitrogens is 1. The molecule has 1 aliphatic heterocycles. The van der Waals surface area contributed by atoms with Gasteiger partial charge in [0.25, 0.3) is 0 Å². The third kappa shape index (κ3) is 3.25. The lowest BCUT2D eigenvalue weighted by Crippen LogP contribution is -2.34. The summed E-state index contributed by atoms with van der Waals surface area (Å²) in [6.07, 6.45) is -0.553. The molecule has 1 N–H and O–H groups in total. The first kappa shape index (κ1) is 19.7. The topological polar surface area (TPSA) is 37.9 Å². The molecule has 1 aromatic heterocycles. The molecule has 2 aromatic carbocycles. The number of nitrogens with one attached hydrogen (secondary N) is 1. The molecule has 1 aliphatic carbocycles. The SMILES string of the molecule is C[C@H](c1nc2cc(Cl)ccc2[nH]1)[C@H]1CC[C@]2(CC1)COc1cc(C(F)(F)F)ccc12. The monoisotopic (exact) mass is 434 g/mol. The Balaban J connectivity index is 1.33. The highest BCUT2D eigenvalue weighted by Gasteiger charge is 2.45. The molecular formula is C23H22ClF3N2O. The predicted molar refractivity (Wildman–Crippen MR) is 110 cm³/mol. The molecule has 0 unspecified atom stereocenters. The summed E-state index contributed by atoms with van der Waals surface area (Å²) in [4.78, 5) is 8.15. The van der Waals surface area contributed by atoms with E-state index in [0.29, 0.717) is 23.3 Å². The Hall–Kier alpha value is -2.21. The average Bonchev–Trinajstić information content (AvgIpc) is 3.29. The largest absolute Gasteiger partial charge is 0.492 e. The molecule has 2 heterocycles. The minimum absolute atomic E-state index is 0.170. The first-order chi connectivity index (χ1) is 14.2. The second-order valence-corrected chi connectivity index (χ2v) is 9.12. The summed E-state index contributed by atoms with van der Waals surface area (Å²) in [7, 11) is 0. The number of alkyl halides is 3. The van der Waals surface area contributed by atoms with Crippen LogP contribution in [0.2, 0.25) is 5.02 Å². The number of hydrogen-bond donors (Lipinski definition) is 1. The van der Waals surface area contributed by atoms with E-state index < -0.39 is 11.7 Å². The van der Waals surface area contributed by atoms with Crippen molar-refractivity contribution in [2.45, 2.75) is 50.1 Å². The minimum Gasteiger partial charge on any atom is -0.492 e. The zero-order chi connectivity index (χ0) is 21.1. The van der Waals surface area contributed by atoms with Crippen LogP contribution in [0, 0.1) is 5.92 Å². The number of fused-ring (bicyclic) bond motifs is 3. The molecule has 5 rings (SSSR count). The summed E-state index contributed by atoms with van der Waals surface area (Å²) in [5, 5.41) is 0.668. The molecule has 0 saturated heterocycles. The van der Waals surface area contributed by atoms with Crippen molar-refractivity contribution in [1.82, 2.24) is 9.97 Å². The lowest BCUT2D eigenvalue weighted by atomic mass is 9.65. The molecule has 7 heteroatoms. The van der Waals surface area contributed by atoms with Crippen LogP contribution >= 0.6 is 11.6 Å². The zero-order valence-electron chi connectivity index (χ0n) is 16.5. The maximum Gasteiger partial charge on any atom is 0.416 e. The fourth-order valence-electron chi connectivity index (χ4n) is 5.09. The molecule has 0 radical (unpaired) electrons. The van der Waals surface area contributed by atoms with Gasteiger partial charge in [-0.25, -0.2) is 4.98 Å². The number of nitrogens with zero attached hydrogens (tertiary/aromatic N) is 1. The molecule has 158 valence electrons. The molecule has 0 bridgehead atoms. The van der Waals surface area contributed by atoms with Crippen molar-refractivity contribution in [2.75, 3.05) is 6.61 Å². The smallest absolute Gasteiger partial charge is 0.416 e. The highest BCUT2D eigenvalue weighted by Crippen LogP contribution is 2.52. The second-order valence-electron chi connectivity index (χ2n) is 8.69. The molecule has 0 amide bonds. The Labute approximate surface area is 177 Å². The van der Waals surface area contributed by atoms with Gasteiger partial charge in [0, 0.05) is 21.9 Å². The van der Waals surface area contributed by atoms with Crippen molar-refractivity contribution in [3.05, 3.63) is 58.4 Å². The summed E-state index contributed by atoms with van der Waals surface area (Å²) in [5.41, 5.74) is 1.96. The van der Waals surface area contributed by atoms with Gasteiger partial charge in [-0.05, 0) is 61.9 Å². The summed E-state index contributed by atoms with van der Waals surface area (Å²) >= 11 is 6.07. The minimum atomic E-state index is -4.35. The van der Waals surface area contributed by atoms with E-state index in [4.69, 9.17) is 21.3 Å². The number of benzene rings is 2. The van der Waals surface area contributed by atoms with Crippen LogP contribution in [0.5, 0.6) is 5.75 Å². The fourth-order valence-corrected chi connectivity index (χ4v) is 5.26. The van der Waals surface area contributed by atoms with Crippen LogP contribution in [0.15, 0.2) is 36.4 Å². The Kier molecular flexibility index (Phi) is 4.54. The van der Waals surface area contributed by atoms with Crippen LogP contribution in [-0.2, 0) is 11.6 Å². The quantitative estimate of drug-likeness (QED) is 0.478. The predicted octanol–water partition coefficient (Wildman–Crippen LogP) is 6.86. The molecule has 30 heavy (non-hydrogen) atoms. The lowest BCUT2D eigenvalue weighted by Gasteiger charge is -2.38. The van der Waals surface area contributed by atoms with E-state index in [9.17, 15) is 13.2 Å². The van der Waals surface area contributed by atoms with Crippen molar-refractivity contribution in [3.63, 3.8) is 0 Å². The van der Waals surface area contributed by atoms with Crippen LogP contribution in [0.4, 0.5) is 13.2 Å². The van der Waals surface area contributed by atoms with E-state index in [-0.39, 0.29) is 11.3 Å². The number of aromatic nitrogens is 2. The Bertz CT molecular complexity index is 1100. The van der Waals surface area contributed by atoms with Crippen LogP contribution in [0.25, 0.3) is 11.0 Å². The number of rotatable bonds is 2. The van der Waals surface area contributed by atoms with Crippen LogP contribution in [0.1, 0.15) is 55.5 Å².